The summed E-state index contributed by atoms with van der Waals surface area (Å²) in [6.45, 7) is 1.80. The Kier molecular flexibility index (Phi) is 2.21. The van der Waals surface area contributed by atoms with Crippen LogP contribution in [-0.4, -0.2) is 12.6 Å². The summed E-state index contributed by atoms with van der Waals surface area (Å²) < 4.78 is 23.4. The summed E-state index contributed by atoms with van der Waals surface area (Å²) in [6.07, 6.45) is 0. The summed E-state index contributed by atoms with van der Waals surface area (Å²) in [5.74, 6) is -0.298. The topological polar surface area (TPSA) is 35.5 Å². The first-order valence-corrected chi connectivity index (χ1v) is 4.22. The average Bonchev–Trinajstić information content (AvgIpc) is 2.16. The minimum absolute atomic E-state index is 0.0608. The monoisotopic (exact) mass is 196 g/mol. The molecule has 0 aromatic heterocycles. The lowest BCUT2D eigenvalue weighted by atomic mass is 10.1. The second kappa shape index (κ2) is 3.38. The van der Waals surface area contributed by atoms with Crippen LogP contribution in [0.5, 0.6) is 5.75 Å². The number of Topliss-reactive ketones (excluding diaryl/α,β-unsaturated/α-hetero) is 1. The van der Waals surface area contributed by atoms with Crippen LogP contribution in [0.4, 0.5) is 4.39 Å². The predicted molar refractivity (Wildman–Crippen MR) is 46.7 cm³/mol. The van der Waals surface area contributed by atoms with Gasteiger partial charge in [0, 0.05) is 5.56 Å². The van der Waals surface area contributed by atoms with Crippen LogP contribution in [0.3, 0.4) is 0 Å². The van der Waals surface area contributed by atoms with Gasteiger partial charge in [0.15, 0.2) is 12.6 Å². The van der Waals surface area contributed by atoms with Crippen LogP contribution >= 0.6 is 0 Å². The molecule has 0 spiro atoms. The minimum atomic E-state index is -0.523. The first-order chi connectivity index (χ1) is 6.68. The van der Waals surface area contributed by atoms with Crippen LogP contribution in [0.1, 0.15) is 22.8 Å². The molecule has 1 aromatic rings. The number of carbonyl (C=O) groups is 1. The Balaban J connectivity index is 2.50. The van der Waals surface area contributed by atoms with Gasteiger partial charge in [-0.1, -0.05) is 0 Å². The lowest BCUT2D eigenvalue weighted by Gasteiger charge is -2.18. The number of hydrogen-bond acceptors (Lipinski definition) is 3. The fraction of sp³-hybridized carbons (Fsp3) is 0.300. The molecule has 0 bridgehead atoms. The maximum atomic E-state index is 13.3. The standard InChI is InChI=1S/C10H9FO3/c1-6(12)8-3-10-7(2-9(8)11)4-13-5-14-10/h2-3H,4-5H2,1H3. The molecule has 0 saturated heterocycles. The van der Waals surface area contributed by atoms with Gasteiger partial charge in [-0.2, -0.15) is 0 Å². The Morgan fingerprint density at radius 2 is 2.29 bits per heavy atom. The fourth-order valence-electron chi connectivity index (χ4n) is 1.37. The van der Waals surface area contributed by atoms with Crippen molar-refractivity contribution in [2.45, 2.75) is 13.5 Å². The zero-order valence-electron chi connectivity index (χ0n) is 7.67. The van der Waals surface area contributed by atoms with Gasteiger partial charge in [0.25, 0.3) is 0 Å². The molecule has 0 aliphatic carbocycles. The van der Waals surface area contributed by atoms with Crippen LogP contribution in [0, 0.1) is 5.82 Å². The number of carbonyl (C=O) groups excluding carboxylic acids is 1. The van der Waals surface area contributed by atoms with Crippen LogP contribution < -0.4 is 4.74 Å². The van der Waals surface area contributed by atoms with Gasteiger partial charge >= 0.3 is 0 Å². The molecule has 1 aliphatic heterocycles. The highest BCUT2D eigenvalue weighted by molar-refractivity contribution is 5.94. The molecule has 0 fully saturated rings. The van der Waals surface area contributed by atoms with E-state index in [1.165, 1.54) is 19.1 Å². The quantitative estimate of drug-likeness (QED) is 0.643. The van der Waals surface area contributed by atoms with Crippen molar-refractivity contribution in [2.75, 3.05) is 6.79 Å². The van der Waals surface area contributed by atoms with E-state index in [0.29, 0.717) is 17.9 Å². The van der Waals surface area contributed by atoms with Crippen LogP contribution in [0.2, 0.25) is 0 Å². The number of benzene rings is 1. The fourth-order valence-corrected chi connectivity index (χ4v) is 1.37. The van der Waals surface area contributed by atoms with Crippen molar-refractivity contribution in [3.05, 3.63) is 29.1 Å². The maximum Gasteiger partial charge on any atom is 0.189 e. The number of hydrogen-bond donors (Lipinski definition) is 0. The van der Waals surface area contributed by atoms with Crippen molar-refractivity contribution < 1.29 is 18.7 Å². The van der Waals surface area contributed by atoms with E-state index in [2.05, 4.69) is 0 Å². The molecule has 74 valence electrons. The first-order valence-electron chi connectivity index (χ1n) is 4.22. The molecule has 4 heteroatoms. The van der Waals surface area contributed by atoms with E-state index in [9.17, 15) is 9.18 Å². The normalized spacial score (nSPS) is 14.4. The van der Waals surface area contributed by atoms with E-state index < -0.39 is 5.82 Å². The molecule has 0 N–H and O–H groups in total. The van der Waals surface area contributed by atoms with Crippen molar-refractivity contribution in [2.24, 2.45) is 0 Å². The van der Waals surface area contributed by atoms with Gasteiger partial charge in [0.2, 0.25) is 0 Å². The molecule has 14 heavy (non-hydrogen) atoms. The predicted octanol–water partition coefficient (Wildman–Crippen LogP) is 1.89. The van der Waals surface area contributed by atoms with Gasteiger partial charge in [-0.3, -0.25) is 4.79 Å². The van der Waals surface area contributed by atoms with Gasteiger partial charge in [0.05, 0.1) is 12.2 Å². The third-order valence-electron chi connectivity index (χ3n) is 2.08. The summed E-state index contributed by atoms with van der Waals surface area (Å²) in [6, 6.07) is 2.71. The Bertz CT molecular complexity index is 387. The number of ketones is 1. The van der Waals surface area contributed by atoms with Crippen molar-refractivity contribution in [1.29, 1.82) is 0 Å². The van der Waals surface area contributed by atoms with E-state index >= 15 is 0 Å². The Morgan fingerprint density at radius 3 is 3.00 bits per heavy atom. The number of rotatable bonds is 1. The summed E-state index contributed by atoms with van der Waals surface area (Å²) in [5.41, 5.74) is 0.699. The SMILES string of the molecule is CC(=O)c1cc2c(cc1F)COCO2. The smallest absolute Gasteiger partial charge is 0.189 e. The van der Waals surface area contributed by atoms with Gasteiger partial charge < -0.3 is 9.47 Å². The Labute approximate surface area is 80.4 Å². The molecule has 1 aromatic carbocycles. The van der Waals surface area contributed by atoms with Crippen molar-refractivity contribution >= 4 is 5.78 Å². The van der Waals surface area contributed by atoms with Crippen molar-refractivity contribution in [1.82, 2.24) is 0 Å². The highest BCUT2D eigenvalue weighted by Gasteiger charge is 2.16. The number of ether oxygens (including phenoxy) is 2. The third kappa shape index (κ3) is 1.48. The van der Waals surface area contributed by atoms with Crippen LogP contribution in [-0.2, 0) is 11.3 Å². The molecular formula is C10H9FO3. The molecule has 1 aliphatic rings. The van der Waals surface area contributed by atoms with E-state index in [1.807, 2.05) is 0 Å². The molecule has 0 amide bonds. The zero-order valence-corrected chi connectivity index (χ0v) is 7.67. The molecular weight excluding hydrogens is 187 g/mol. The van der Waals surface area contributed by atoms with E-state index in [0.717, 1.165) is 0 Å². The Morgan fingerprint density at radius 1 is 1.50 bits per heavy atom. The first kappa shape index (κ1) is 9.15. The molecule has 3 nitrogen and oxygen atoms in total. The van der Waals surface area contributed by atoms with Crippen LogP contribution in [0.15, 0.2) is 12.1 Å². The molecule has 0 atom stereocenters. The van der Waals surface area contributed by atoms with Crippen LogP contribution in [0.25, 0.3) is 0 Å². The number of halogens is 1. The molecule has 1 heterocycles. The number of fused-ring (bicyclic) bond motifs is 1. The Hall–Kier alpha value is -1.42. The lowest BCUT2D eigenvalue weighted by molar-refractivity contribution is -0.0166. The van der Waals surface area contributed by atoms with Crippen molar-refractivity contribution in [3.8, 4) is 5.75 Å². The zero-order chi connectivity index (χ0) is 10.1. The second-order valence-electron chi connectivity index (χ2n) is 3.11. The maximum absolute atomic E-state index is 13.3. The summed E-state index contributed by atoms with van der Waals surface area (Å²) in [4.78, 5) is 11.0. The average molecular weight is 196 g/mol. The van der Waals surface area contributed by atoms with E-state index in [1.54, 1.807) is 0 Å². The van der Waals surface area contributed by atoms with Crippen molar-refractivity contribution in [3.63, 3.8) is 0 Å². The summed E-state index contributed by atoms with van der Waals surface area (Å²) in [5, 5.41) is 0. The van der Waals surface area contributed by atoms with Gasteiger partial charge in [0.1, 0.15) is 11.6 Å². The molecule has 0 radical (unpaired) electrons. The molecule has 0 saturated carbocycles. The van der Waals surface area contributed by atoms with Gasteiger partial charge in [-0.25, -0.2) is 4.39 Å². The lowest BCUT2D eigenvalue weighted by Crippen LogP contribution is -2.13. The minimum Gasteiger partial charge on any atom is -0.467 e. The van der Waals surface area contributed by atoms with Gasteiger partial charge in [-0.15, -0.1) is 0 Å². The summed E-state index contributed by atoms with van der Waals surface area (Å²) >= 11 is 0. The highest BCUT2D eigenvalue weighted by Crippen LogP contribution is 2.26. The second-order valence-corrected chi connectivity index (χ2v) is 3.11. The summed E-state index contributed by atoms with van der Waals surface area (Å²) in [7, 11) is 0. The highest BCUT2D eigenvalue weighted by atomic mass is 19.1. The van der Waals surface area contributed by atoms with E-state index in [4.69, 9.17) is 9.47 Å². The molecule has 0 unspecified atom stereocenters. The largest absolute Gasteiger partial charge is 0.467 e. The van der Waals surface area contributed by atoms with Gasteiger partial charge in [-0.05, 0) is 19.1 Å². The third-order valence-corrected chi connectivity index (χ3v) is 2.08. The molecule has 2 rings (SSSR count). The van der Waals surface area contributed by atoms with E-state index in [-0.39, 0.29) is 18.1 Å².